The van der Waals surface area contributed by atoms with Crippen LogP contribution in [0, 0.1) is 0 Å². The minimum Gasteiger partial charge on any atom is -0.453 e. The molecule has 0 fully saturated rings. The Bertz CT molecular complexity index is 1760. The molecule has 0 unspecified atom stereocenters. The van der Waals surface area contributed by atoms with Crippen molar-refractivity contribution in [2.24, 2.45) is 0 Å². The molecule has 0 saturated heterocycles. The largest absolute Gasteiger partial charge is 0.453 e. The summed E-state index contributed by atoms with van der Waals surface area (Å²) < 4.78 is 6.16. The standard InChI is InChI=1S/C33H21ClN4O/c34-33-36-31(23-9-2-1-3-10-23)35-32(37-33)25-12-8-11-24(21-25)22-17-19-26(20-18-22)38-27-13-4-6-15-29(27)39-30-16-7-5-14-28(30)38/h1-21H. The quantitative estimate of drug-likeness (QED) is 0.230. The Morgan fingerprint density at radius 1 is 0.487 bits per heavy atom. The van der Waals surface area contributed by atoms with Crippen molar-refractivity contribution in [2.75, 3.05) is 4.90 Å². The van der Waals surface area contributed by atoms with Gasteiger partial charge in [0.05, 0.1) is 11.4 Å². The molecule has 1 aliphatic heterocycles. The topological polar surface area (TPSA) is 51.1 Å². The number of hydrogen-bond donors (Lipinski definition) is 0. The number of para-hydroxylation sites is 4. The van der Waals surface area contributed by atoms with Gasteiger partial charge in [-0.05, 0) is 65.2 Å². The van der Waals surface area contributed by atoms with Crippen molar-refractivity contribution in [3.8, 4) is 45.4 Å². The maximum Gasteiger partial charge on any atom is 0.226 e. The molecule has 2 heterocycles. The second kappa shape index (κ2) is 9.71. The van der Waals surface area contributed by atoms with Gasteiger partial charge in [-0.2, -0.15) is 9.97 Å². The number of nitrogens with zero attached hydrogens (tertiary/aromatic N) is 4. The van der Waals surface area contributed by atoms with Crippen LogP contribution in [0.15, 0.2) is 127 Å². The summed E-state index contributed by atoms with van der Waals surface area (Å²) in [5, 5.41) is 0.166. The summed E-state index contributed by atoms with van der Waals surface area (Å²) in [6.45, 7) is 0. The highest BCUT2D eigenvalue weighted by atomic mass is 35.5. The molecule has 0 N–H and O–H groups in total. The first-order valence-electron chi connectivity index (χ1n) is 12.6. The molecule has 6 aromatic rings. The highest BCUT2D eigenvalue weighted by Gasteiger charge is 2.25. The Kier molecular flexibility index (Phi) is 5.76. The number of rotatable bonds is 4. The molecule has 0 radical (unpaired) electrons. The lowest BCUT2D eigenvalue weighted by Crippen LogP contribution is -2.15. The van der Waals surface area contributed by atoms with E-state index >= 15 is 0 Å². The molecule has 0 atom stereocenters. The summed E-state index contributed by atoms with van der Waals surface area (Å²) in [5.41, 5.74) is 6.96. The van der Waals surface area contributed by atoms with Crippen LogP contribution >= 0.6 is 11.6 Å². The van der Waals surface area contributed by atoms with E-state index in [0.29, 0.717) is 11.6 Å². The lowest BCUT2D eigenvalue weighted by molar-refractivity contribution is 0.477. The number of fused-ring (bicyclic) bond motifs is 2. The first-order chi connectivity index (χ1) is 19.2. The van der Waals surface area contributed by atoms with Crippen molar-refractivity contribution in [3.63, 3.8) is 0 Å². The normalized spacial score (nSPS) is 11.9. The number of halogens is 1. The number of hydrogen-bond acceptors (Lipinski definition) is 5. The minimum absolute atomic E-state index is 0.166. The van der Waals surface area contributed by atoms with Crippen LogP contribution in [0.4, 0.5) is 17.1 Å². The fourth-order valence-corrected chi connectivity index (χ4v) is 4.98. The summed E-state index contributed by atoms with van der Waals surface area (Å²) >= 11 is 6.29. The summed E-state index contributed by atoms with van der Waals surface area (Å²) in [7, 11) is 0. The zero-order chi connectivity index (χ0) is 26.2. The van der Waals surface area contributed by atoms with Crippen LogP contribution in [0.5, 0.6) is 11.5 Å². The summed E-state index contributed by atoms with van der Waals surface area (Å²) in [5.74, 6) is 2.75. The van der Waals surface area contributed by atoms with E-state index in [1.165, 1.54) is 0 Å². The van der Waals surface area contributed by atoms with Gasteiger partial charge in [0.1, 0.15) is 0 Å². The third-order valence-corrected chi connectivity index (χ3v) is 6.82. The van der Waals surface area contributed by atoms with Gasteiger partial charge in [0.2, 0.25) is 5.28 Å². The van der Waals surface area contributed by atoms with Gasteiger partial charge in [-0.3, -0.25) is 0 Å². The summed E-state index contributed by atoms with van der Waals surface area (Å²) in [6, 6.07) is 42.6. The summed E-state index contributed by atoms with van der Waals surface area (Å²) in [6.07, 6.45) is 0. The number of benzene rings is 5. The molecule has 0 bridgehead atoms. The first kappa shape index (κ1) is 23.1. The number of ether oxygens (including phenoxy) is 1. The monoisotopic (exact) mass is 524 g/mol. The van der Waals surface area contributed by atoms with Crippen LogP contribution < -0.4 is 9.64 Å². The molecular formula is C33H21ClN4O. The highest BCUT2D eigenvalue weighted by molar-refractivity contribution is 6.28. The van der Waals surface area contributed by atoms with E-state index in [1.54, 1.807) is 0 Å². The van der Waals surface area contributed by atoms with Crippen LogP contribution in [0.3, 0.4) is 0 Å². The molecule has 6 heteroatoms. The maximum absolute atomic E-state index is 6.29. The van der Waals surface area contributed by atoms with Gasteiger partial charge in [0.15, 0.2) is 23.1 Å². The summed E-state index contributed by atoms with van der Waals surface area (Å²) in [4.78, 5) is 15.7. The van der Waals surface area contributed by atoms with E-state index in [2.05, 4.69) is 63.4 Å². The Balaban J connectivity index is 1.24. The number of aromatic nitrogens is 3. The molecule has 5 aromatic carbocycles. The molecule has 0 aliphatic carbocycles. The third-order valence-electron chi connectivity index (χ3n) is 6.65. The Morgan fingerprint density at radius 2 is 1.05 bits per heavy atom. The fourth-order valence-electron chi connectivity index (χ4n) is 4.82. The molecule has 186 valence electrons. The van der Waals surface area contributed by atoms with Gasteiger partial charge < -0.3 is 9.64 Å². The maximum atomic E-state index is 6.29. The van der Waals surface area contributed by atoms with Crippen LogP contribution in [-0.2, 0) is 0 Å². The van der Waals surface area contributed by atoms with Gasteiger partial charge in [0, 0.05) is 16.8 Å². The van der Waals surface area contributed by atoms with E-state index in [0.717, 1.165) is 50.8 Å². The molecule has 39 heavy (non-hydrogen) atoms. The predicted molar refractivity (Wildman–Crippen MR) is 156 cm³/mol. The third kappa shape index (κ3) is 4.39. The van der Waals surface area contributed by atoms with E-state index in [-0.39, 0.29) is 5.28 Å². The molecule has 7 rings (SSSR count). The fraction of sp³-hybridized carbons (Fsp3) is 0. The zero-order valence-electron chi connectivity index (χ0n) is 20.7. The van der Waals surface area contributed by atoms with Gasteiger partial charge in [-0.25, -0.2) is 4.98 Å². The Morgan fingerprint density at radius 3 is 1.74 bits per heavy atom. The molecular weight excluding hydrogens is 504 g/mol. The van der Waals surface area contributed by atoms with Gasteiger partial charge in [0.25, 0.3) is 0 Å². The van der Waals surface area contributed by atoms with Crippen molar-refractivity contribution < 1.29 is 4.74 Å². The van der Waals surface area contributed by atoms with Gasteiger partial charge >= 0.3 is 0 Å². The lowest BCUT2D eigenvalue weighted by atomic mass is 10.0. The second-order valence-electron chi connectivity index (χ2n) is 9.12. The van der Waals surface area contributed by atoms with Crippen molar-refractivity contribution in [1.82, 2.24) is 15.0 Å². The van der Waals surface area contributed by atoms with Crippen LogP contribution in [0.2, 0.25) is 5.28 Å². The molecule has 5 nitrogen and oxygen atoms in total. The van der Waals surface area contributed by atoms with Crippen LogP contribution in [-0.4, -0.2) is 15.0 Å². The average molecular weight is 525 g/mol. The van der Waals surface area contributed by atoms with Crippen molar-refractivity contribution >= 4 is 28.7 Å². The smallest absolute Gasteiger partial charge is 0.226 e. The molecule has 0 amide bonds. The van der Waals surface area contributed by atoms with Gasteiger partial charge in [-0.1, -0.05) is 84.9 Å². The average Bonchev–Trinajstić information content (AvgIpc) is 3.00. The van der Waals surface area contributed by atoms with E-state index in [4.69, 9.17) is 21.3 Å². The second-order valence-corrected chi connectivity index (χ2v) is 9.46. The lowest BCUT2D eigenvalue weighted by Gasteiger charge is -2.32. The van der Waals surface area contributed by atoms with Crippen molar-refractivity contribution in [2.45, 2.75) is 0 Å². The molecule has 1 aromatic heterocycles. The first-order valence-corrected chi connectivity index (χ1v) is 12.9. The minimum atomic E-state index is 0.166. The van der Waals surface area contributed by atoms with Crippen molar-refractivity contribution in [1.29, 1.82) is 0 Å². The Labute approximate surface area is 231 Å². The SMILES string of the molecule is Clc1nc(-c2ccccc2)nc(-c2cccc(-c3ccc(N4c5ccccc5Oc5ccccc54)cc3)c2)n1. The van der Waals surface area contributed by atoms with Crippen LogP contribution in [0.25, 0.3) is 33.9 Å². The predicted octanol–water partition coefficient (Wildman–Crippen LogP) is 9.10. The van der Waals surface area contributed by atoms with E-state index in [1.807, 2.05) is 78.9 Å². The number of anilines is 3. The van der Waals surface area contributed by atoms with Crippen LogP contribution in [0.1, 0.15) is 0 Å². The van der Waals surface area contributed by atoms with E-state index < -0.39 is 0 Å². The Hall–Kier alpha value is -5.00. The molecule has 0 saturated carbocycles. The highest BCUT2D eigenvalue weighted by Crippen LogP contribution is 2.50. The molecule has 0 spiro atoms. The molecule has 1 aliphatic rings. The van der Waals surface area contributed by atoms with Crippen molar-refractivity contribution in [3.05, 3.63) is 133 Å². The zero-order valence-corrected chi connectivity index (χ0v) is 21.5. The van der Waals surface area contributed by atoms with Gasteiger partial charge in [-0.15, -0.1) is 0 Å². The van der Waals surface area contributed by atoms with E-state index in [9.17, 15) is 0 Å².